The number of hydrogen-bond acceptors (Lipinski definition) is 3. The van der Waals surface area contributed by atoms with Crippen molar-refractivity contribution < 1.29 is 4.74 Å². The first-order valence-corrected chi connectivity index (χ1v) is 8.44. The zero-order chi connectivity index (χ0) is 16.1. The number of ether oxygens (including phenoxy) is 1. The predicted molar refractivity (Wildman–Crippen MR) is 94.8 cm³/mol. The van der Waals surface area contributed by atoms with Crippen LogP contribution in [0.1, 0.15) is 35.6 Å². The van der Waals surface area contributed by atoms with Crippen molar-refractivity contribution in [3.63, 3.8) is 0 Å². The Bertz CT molecular complexity index is 627. The summed E-state index contributed by atoms with van der Waals surface area (Å²) in [6, 6.07) is 17.9. The second-order valence-electron chi connectivity index (χ2n) is 6.24. The summed E-state index contributed by atoms with van der Waals surface area (Å²) in [6.07, 6.45) is 2.41. The minimum atomic E-state index is 0.376. The number of piperidine rings is 1. The number of para-hydroxylation sites is 1. The molecule has 3 heteroatoms. The minimum Gasteiger partial charge on any atom is -0.496 e. The van der Waals surface area contributed by atoms with Crippen molar-refractivity contribution in [3.8, 4) is 5.75 Å². The molecular weight excluding hydrogens is 284 g/mol. The Kier molecular flexibility index (Phi) is 5.31. The average molecular weight is 310 g/mol. The van der Waals surface area contributed by atoms with E-state index in [1.54, 1.807) is 7.11 Å². The molecule has 2 unspecified atom stereocenters. The third kappa shape index (κ3) is 3.74. The Labute approximate surface area is 139 Å². The van der Waals surface area contributed by atoms with Gasteiger partial charge in [-0.2, -0.15) is 0 Å². The van der Waals surface area contributed by atoms with Crippen molar-refractivity contribution in [2.75, 3.05) is 13.7 Å². The van der Waals surface area contributed by atoms with Crippen LogP contribution < -0.4 is 15.4 Å². The Balaban J connectivity index is 1.72. The largest absolute Gasteiger partial charge is 0.496 e. The van der Waals surface area contributed by atoms with E-state index in [0.717, 1.165) is 18.8 Å². The summed E-state index contributed by atoms with van der Waals surface area (Å²) in [4.78, 5) is 0. The van der Waals surface area contributed by atoms with Crippen LogP contribution in [0.2, 0.25) is 0 Å². The average Bonchev–Trinajstić information content (AvgIpc) is 2.61. The number of nitrogens with one attached hydrogen (secondary N) is 2. The number of benzene rings is 2. The fraction of sp³-hybridized carbons (Fsp3) is 0.400. The molecule has 0 amide bonds. The van der Waals surface area contributed by atoms with Crippen LogP contribution in [-0.2, 0) is 6.54 Å². The molecule has 1 heterocycles. The number of hydrogen-bond donors (Lipinski definition) is 2. The van der Waals surface area contributed by atoms with Gasteiger partial charge in [-0.05, 0) is 37.4 Å². The minimum absolute atomic E-state index is 0.376. The zero-order valence-corrected chi connectivity index (χ0v) is 14.0. The summed E-state index contributed by atoms with van der Waals surface area (Å²) in [5.74, 6) is 1.00. The normalized spacial score (nSPS) is 21.1. The highest BCUT2D eigenvalue weighted by Gasteiger charge is 2.25. The van der Waals surface area contributed by atoms with E-state index >= 15 is 0 Å². The molecule has 1 aliphatic heterocycles. The van der Waals surface area contributed by atoms with Crippen LogP contribution in [-0.4, -0.2) is 19.7 Å². The van der Waals surface area contributed by atoms with E-state index in [2.05, 4.69) is 66.1 Å². The molecule has 0 radical (unpaired) electrons. The maximum absolute atomic E-state index is 5.57. The first-order chi connectivity index (χ1) is 11.3. The fourth-order valence-corrected chi connectivity index (χ4v) is 3.50. The smallest absolute Gasteiger partial charge is 0.126 e. The Morgan fingerprint density at radius 1 is 1.13 bits per heavy atom. The maximum atomic E-state index is 5.57. The van der Waals surface area contributed by atoms with Crippen molar-refractivity contribution in [2.45, 2.75) is 38.4 Å². The topological polar surface area (TPSA) is 33.3 Å². The van der Waals surface area contributed by atoms with Gasteiger partial charge in [-0.1, -0.05) is 48.5 Å². The van der Waals surface area contributed by atoms with E-state index in [9.17, 15) is 0 Å². The molecule has 23 heavy (non-hydrogen) atoms. The lowest BCUT2D eigenvalue weighted by molar-refractivity contribution is 0.302. The monoisotopic (exact) mass is 310 g/mol. The second kappa shape index (κ2) is 7.62. The van der Waals surface area contributed by atoms with E-state index < -0.39 is 0 Å². The van der Waals surface area contributed by atoms with Gasteiger partial charge in [0, 0.05) is 24.2 Å². The highest BCUT2D eigenvalue weighted by molar-refractivity contribution is 5.40. The molecule has 0 aromatic heterocycles. The van der Waals surface area contributed by atoms with E-state index in [1.165, 1.54) is 29.5 Å². The number of methoxy groups -OCH3 is 1. The highest BCUT2D eigenvalue weighted by Crippen LogP contribution is 2.26. The summed E-state index contributed by atoms with van der Waals surface area (Å²) in [5.41, 5.74) is 3.78. The number of aryl methyl sites for hydroxylation is 1. The lowest BCUT2D eigenvalue weighted by Crippen LogP contribution is -2.45. The summed E-state index contributed by atoms with van der Waals surface area (Å²) in [6.45, 7) is 4.02. The fourth-order valence-electron chi connectivity index (χ4n) is 3.50. The van der Waals surface area contributed by atoms with Crippen molar-refractivity contribution in [3.05, 3.63) is 65.2 Å². The van der Waals surface area contributed by atoms with Gasteiger partial charge < -0.3 is 15.4 Å². The van der Waals surface area contributed by atoms with Gasteiger partial charge >= 0.3 is 0 Å². The van der Waals surface area contributed by atoms with E-state index in [4.69, 9.17) is 4.74 Å². The van der Waals surface area contributed by atoms with Gasteiger partial charge in [0.05, 0.1) is 7.11 Å². The lowest BCUT2D eigenvalue weighted by atomic mass is 9.92. The third-order valence-electron chi connectivity index (χ3n) is 4.67. The third-order valence-corrected chi connectivity index (χ3v) is 4.67. The standard InChI is InChI=1S/C20H26N2O/c1-15-8-6-11-17(20(15)23-2)14-22-18-12-7-13-21-19(18)16-9-4-3-5-10-16/h3-6,8-11,18-19,21-22H,7,12-14H2,1-2H3. The zero-order valence-electron chi connectivity index (χ0n) is 14.0. The molecule has 3 rings (SSSR count). The van der Waals surface area contributed by atoms with Crippen LogP contribution in [0.3, 0.4) is 0 Å². The molecule has 1 fully saturated rings. The van der Waals surface area contributed by atoms with E-state index in [-0.39, 0.29) is 0 Å². The van der Waals surface area contributed by atoms with Gasteiger partial charge in [0.25, 0.3) is 0 Å². The van der Waals surface area contributed by atoms with Gasteiger partial charge in [0.15, 0.2) is 0 Å². The molecule has 2 N–H and O–H groups in total. The first-order valence-electron chi connectivity index (χ1n) is 8.44. The van der Waals surface area contributed by atoms with Crippen LogP contribution in [0.4, 0.5) is 0 Å². The van der Waals surface area contributed by atoms with Crippen molar-refractivity contribution in [1.82, 2.24) is 10.6 Å². The van der Waals surface area contributed by atoms with Gasteiger partial charge in [-0.25, -0.2) is 0 Å². The van der Waals surface area contributed by atoms with E-state index in [0.29, 0.717) is 12.1 Å². The first kappa shape index (κ1) is 16.0. The van der Waals surface area contributed by atoms with Crippen LogP contribution in [0.15, 0.2) is 48.5 Å². The van der Waals surface area contributed by atoms with Gasteiger partial charge in [-0.15, -0.1) is 0 Å². The van der Waals surface area contributed by atoms with Crippen LogP contribution >= 0.6 is 0 Å². The van der Waals surface area contributed by atoms with Crippen molar-refractivity contribution in [2.24, 2.45) is 0 Å². The second-order valence-corrected chi connectivity index (χ2v) is 6.24. The molecule has 122 valence electrons. The summed E-state index contributed by atoms with van der Waals surface area (Å²) in [5, 5.41) is 7.41. The van der Waals surface area contributed by atoms with Crippen LogP contribution in [0.25, 0.3) is 0 Å². The molecule has 0 aliphatic carbocycles. The SMILES string of the molecule is COc1c(C)cccc1CNC1CCCNC1c1ccccc1. The van der Waals surface area contributed by atoms with Gasteiger partial charge in [0.1, 0.15) is 5.75 Å². The molecule has 0 saturated carbocycles. The van der Waals surface area contributed by atoms with E-state index in [1.807, 2.05) is 0 Å². The van der Waals surface area contributed by atoms with Crippen molar-refractivity contribution >= 4 is 0 Å². The molecule has 1 aliphatic rings. The molecular formula is C20H26N2O. The Morgan fingerprint density at radius 2 is 1.96 bits per heavy atom. The molecule has 2 aromatic carbocycles. The van der Waals surface area contributed by atoms with Crippen LogP contribution in [0.5, 0.6) is 5.75 Å². The highest BCUT2D eigenvalue weighted by atomic mass is 16.5. The summed E-state index contributed by atoms with van der Waals surface area (Å²) >= 11 is 0. The molecule has 0 bridgehead atoms. The number of rotatable bonds is 5. The molecule has 2 atom stereocenters. The summed E-state index contributed by atoms with van der Waals surface area (Å²) in [7, 11) is 1.75. The Morgan fingerprint density at radius 3 is 2.74 bits per heavy atom. The van der Waals surface area contributed by atoms with Crippen molar-refractivity contribution in [1.29, 1.82) is 0 Å². The maximum Gasteiger partial charge on any atom is 0.126 e. The van der Waals surface area contributed by atoms with Crippen LogP contribution in [0, 0.1) is 6.92 Å². The van der Waals surface area contributed by atoms with Gasteiger partial charge in [-0.3, -0.25) is 0 Å². The molecule has 2 aromatic rings. The van der Waals surface area contributed by atoms with Gasteiger partial charge in [0.2, 0.25) is 0 Å². The quantitative estimate of drug-likeness (QED) is 0.885. The lowest BCUT2D eigenvalue weighted by Gasteiger charge is -2.34. The Hall–Kier alpha value is -1.84. The predicted octanol–water partition coefficient (Wildman–Crippen LogP) is 3.59. The molecule has 0 spiro atoms. The molecule has 3 nitrogen and oxygen atoms in total. The summed E-state index contributed by atoms with van der Waals surface area (Å²) < 4.78 is 5.57. The molecule has 1 saturated heterocycles.